The smallest absolute Gasteiger partial charge is 0.264 e. The van der Waals surface area contributed by atoms with Gasteiger partial charge in [0.05, 0.1) is 17.3 Å². The number of likely N-dealkylation sites (tertiary alicyclic amines) is 1. The van der Waals surface area contributed by atoms with Gasteiger partial charge in [0, 0.05) is 38.1 Å². The van der Waals surface area contributed by atoms with E-state index in [1.807, 2.05) is 36.1 Å². The number of aromatic nitrogens is 5. The largest absolute Gasteiger partial charge is 0.365 e. The van der Waals surface area contributed by atoms with Gasteiger partial charge in [-0.2, -0.15) is 20.3 Å². The van der Waals surface area contributed by atoms with Crippen molar-refractivity contribution >= 4 is 34.4 Å². The molecule has 1 saturated carbocycles. The molecule has 10 heteroatoms. The maximum absolute atomic E-state index is 12.9. The molecule has 0 radical (unpaired) electrons. The van der Waals surface area contributed by atoms with Gasteiger partial charge >= 0.3 is 0 Å². The molecule has 1 amide bonds. The maximum atomic E-state index is 12.9. The lowest BCUT2D eigenvalue weighted by Crippen LogP contribution is -2.45. The van der Waals surface area contributed by atoms with Gasteiger partial charge in [0.2, 0.25) is 5.95 Å². The molecule has 4 heterocycles. The Bertz CT molecular complexity index is 1230. The SMILES string of the molecule is CCn1cc(Nc2nc(NC3CCCN(C(=O)/C(C#N)=C/C4CC4)C3)c3cc[nH]c3n2)cn1. The molecule has 1 atom stereocenters. The number of amides is 1. The molecule has 5 rings (SSSR count). The van der Waals surface area contributed by atoms with Gasteiger partial charge in [0.15, 0.2) is 0 Å². The molecular formula is C23H27N9O. The standard InChI is InChI=1S/C23H27N9O/c1-2-32-14-18(12-26-32)28-23-29-20-19(7-8-25-20)21(30-23)27-17-4-3-9-31(13-17)22(33)16(11-24)10-15-5-6-15/h7-8,10,12,14-15,17H,2-6,9,13H2,1H3,(H3,25,27,28,29,30)/b16-10+. The Kier molecular flexibility index (Phi) is 5.69. The van der Waals surface area contributed by atoms with E-state index in [-0.39, 0.29) is 17.5 Å². The van der Waals surface area contributed by atoms with Gasteiger partial charge in [0.25, 0.3) is 5.91 Å². The molecule has 1 saturated heterocycles. The zero-order chi connectivity index (χ0) is 22.8. The van der Waals surface area contributed by atoms with Crippen LogP contribution in [-0.2, 0) is 11.3 Å². The number of carbonyl (C=O) groups excluding carboxylic acids is 1. The molecule has 10 nitrogen and oxygen atoms in total. The molecule has 2 fully saturated rings. The maximum Gasteiger partial charge on any atom is 0.264 e. The molecule has 3 aromatic heterocycles. The zero-order valence-electron chi connectivity index (χ0n) is 18.6. The van der Waals surface area contributed by atoms with Crippen LogP contribution < -0.4 is 10.6 Å². The number of H-pyrrole nitrogens is 1. The fourth-order valence-corrected chi connectivity index (χ4v) is 4.14. The van der Waals surface area contributed by atoms with E-state index in [2.05, 4.69) is 31.8 Å². The Morgan fingerprint density at radius 3 is 3.00 bits per heavy atom. The van der Waals surface area contributed by atoms with Crippen molar-refractivity contribution in [3.05, 3.63) is 36.3 Å². The Hall–Kier alpha value is -3.87. The predicted octanol–water partition coefficient (Wildman–Crippen LogP) is 3.18. The first-order valence-corrected chi connectivity index (χ1v) is 11.4. The van der Waals surface area contributed by atoms with Crippen LogP contribution in [0.25, 0.3) is 11.0 Å². The van der Waals surface area contributed by atoms with Gasteiger partial charge in [0.1, 0.15) is 23.1 Å². The van der Waals surface area contributed by atoms with E-state index in [4.69, 9.17) is 4.98 Å². The molecule has 0 spiro atoms. The molecule has 0 bridgehead atoms. The average Bonchev–Trinajstić information content (AvgIpc) is 3.32. The molecule has 170 valence electrons. The second kappa shape index (κ2) is 8.94. The van der Waals surface area contributed by atoms with Crippen LogP contribution in [0.3, 0.4) is 0 Å². The second-order valence-electron chi connectivity index (χ2n) is 8.61. The lowest BCUT2D eigenvalue weighted by molar-refractivity contribution is -0.127. The molecule has 33 heavy (non-hydrogen) atoms. The van der Waals surface area contributed by atoms with Gasteiger partial charge in [-0.25, -0.2) is 0 Å². The van der Waals surface area contributed by atoms with Crippen molar-refractivity contribution in [3.8, 4) is 6.07 Å². The van der Waals surface area contributed by atoms with Crippen molar-refractivity contribution in [2.45, 2.75) is 45.2 Å². The highest BCUT2D eigenvalue weighted by Gasteiger charge is 2.28. The Morgan fingerprint density at radius 2 is 2.24 bits per heavy atom. The summed E-state index contributed by atoms with van der Waals surface area (Å²) in [5.74, 6) is 1.40. The number of hydrogen-bond donors (Lipinski definition) is 3. The number of rotatable bonds is 7. The van der Waals surface area contributed by atoms with Crippen LogP contribution in [0.15, 0.2) is 36.3 Å². The summed E-state index contributed by atoms with van der Waals surface area (Å²) in [6.45, 7) is 4.01. The van der Waals surface area contributed by atoms with Crippen LogP contribution >= 0.6 is 0 Å². The quantitative estimate of drug-likeness (QED) is 0.376. The van der Waals surface area contributed by atoms with E-state index >= 15 is 0 Å². The fourth-order valence-electron chi connectivity index (χ4n) is 4.14. The lowest BCUT2D eigenvalue weighted by atomic mass is 10.0. The van der Waals surface area contributed by atoms with Gasteiger partial charge in [-0.1, -0.05) is 6.08 Å². The lowest BCUT2D eigenvalue weighted by Gasteiger charge is -2.33. The third-order valence-electron chi connectivity index (χ3n) is 6.05. The highest BCUT2D eigenvalue weighted by atomic mass is 16.2. The number of carbonyl (C=O) groups is 1. The minimum Gasteiger partial charge on any atom is -0.365 e. The van der Waals surface area contributed by atoms with Gasteiger partial charge in [-0.05, 0) is 44.6 Å². The van der Waals surface area contributed by atoms with E-state index in [9.17, 15) is 10.1 Å². The molecule has 3 N–H and O–H groups in total. The summed E-state index contributed by atoms with van der Waals surface area (Å²) < 4.78 is 1.83. The highest BCUT2D eigenvalue weighted by molar-refractivity contribution is 5.97. The third-order valence-corrected chi connectivity index (χ3v) is 6.05. The van der Waals surface area contributed by atoms with E-state index < -0.39 is 0 Å². The minimum atomic E-state index is -0.166. The number of fused-ring (bicyclic) bond motifs is 1. The number of allylic oxidation sites excluding steroid dienone is 1. The highest BCUT2D eigenvalue weighted by Crippen LogP contribution is 2.32. The van der Waals surface area contributed by atoms with Crippen molar-refractivity contribution in [3.63, 3.8) is 0 Å². The topological polar surface area (TPSA) is 128 Å². The molecule has 1 aliphatic heterocycles. The summed E-state index contributed by atoms with van der Waals surface area (Å²) in [4.78, 5) is 27.1. The van der Waals surface area contributed by atoms with Crippen molar-refractivity contribution in [2.24, 2.45) is 5.92 Å². The van der Waals surface area contributed by atoms with Gasteiger partial charge < -0.3 is 20.5 Å². The van der Waals surface area contributed by atoms with E-state index in [0.717, 1.165) is 48.9 Å². The molecule has 2 aliphatic rings. The van der Waals surface area contributed by atoms with Crippen LogP contribution in [0, 0.1) is 17.2 Å². The predicted molar refractivity (Wildman–Crippen MR) is 125 cm³/mol. The number of piperidine rings is 1. The number of nitrogens with one attached hydrogen (secondary N) is 3. The molecule has 3 aromatic rings. The number of aryl methyl sites for hydroxylation is 1. The van der Waals surface area contributed by atoms with Crippen molar-refractivity contribution in [2.75, 3.05) is 23.7 Å². The Labute approximate surface area is 191 Å². The average molecular weight is 446 g/mol. The van der Waals surface area contributed by atoms with Crippen molar-refractivity contribution in [1.29, 1.82) is 5.26 Å². The summed E-state index contributed by atoms with van der Waals surface area (Å²) in [6, 6.07) is 4.08. The first-order chi connectivity index (χ1) is 16.1. The van der Waals surface area contributed by atoms with E-state index in [0.29, 0.717) is 30.8 Å². The fraction of sp³-hybridized carbons (Fsp3) is 0.435. The van der Waals surface area contributed by atoms with Gasteiger partial charge in [-0.3, -0.25) is 9.48 Å². The summed E-state index contributed by atoms with van der Waals surface area (Å²) in [7, 11) is 0. The monoisotopic (exact) mass is 445 g/mol. The minimum absolute atomic E-state index is 0.0345. The summed E-state index contributed by atoms with van der Waals surface area (Å²) in [6.07, 6.45) is 11.2. The molecule has 1 aliphatic carbocycles. The van der Waals surface area contributed by atoms with E-state index in [1.165, 1.54) is 0 Å². The van der Waals surface area contributed by atoms with Crippen LogP contribution in [0.4, 0.5) is 17.5 Å². The van der Waals surface area contributed by atoms with Crippen LogP contribution in [0.1, 0.15) is 32.6 Å². The van der Waals surface area contributed by atoms with Crippen LogP contribution in [0.5, 0.6) is 0 Å². The first kappa shape index (κ1) is 21.0. The molecular weight excluding hydrogens is 418 g/mol. The normalized spacial score (nSPS) is 18.8. The first-order valence-electron chi connectivity index (χ1n) is 11.4. The number of nitrogens with zero attached hydrogens (tertiary/aromatic N) is 6. The Morgan fingerprint density at radius 1 is 1.36 bits per heavy atom. The summed E-state index contributed by atoms with van der Waals surface area (Å²) >= 11 is 0. The van der Waals surface area contributed by atoms with Crippen LogP contribution in [0.2, 0.25) is 0 Å². The number of anilines is 3. The zero-order valence-corrected chi connectivity index (χ0v) is 18.6. The number of nitriles is 1. The molecule has 0 aromatic carbocycles. The Balaban J connectivity index is 1.33. The number of aromatic amines is 1. The van der Waals surface area contributed by atoms with Gasteiger partial charge in [-0.15, -0.1) is 0 Å². The number of hydrogen-bond acceptors (Lipinski definition) is 7. The van der Waals surface area contributed by atoms with Crippen molar-refractivity contribution in [1.82, 2.24) is 29.6 Å². The summed E-state index contributed by atoms with van der Waals surface area (Å²) in [5, 5.41) is 21.4. The summed E-state index contributed by atoms with van der Waals surface area (Å²) in [5.41, 5.74) is 1.81. The third kappa shape index (κ3) is 4.67. The second-order valence-corrected chi connectivity index (χ2v) is 8.61. The van der Waals surface area contributed by atoms with E-state index in [1.54, 1.807) is 11.1 Å². The van der Waals surface area contributed by atoms with Crippen molar-refractivity contribution < 1.29 is 4.79 Å². The molecule has 1 unspecified atom stereocenters. The van der Waals surface area contributed by atoms with Crippen LogP contribution in [-0.4, -0.2) is 54.7 Å².